The number of aromatic nitrogens is 3. The molecule has 0 amide bonds. The van der Waals surface area contributed by atoms with Gasteiger partial charge in [0.2, 0.25) is 10.0 Å². The van der Waals surface area contributed by atoms with Gasteiger partial charge in [0.15, 0.2) is 5.82 Å². The Labute approximate surface area is 135 Å². The van der Waals surface area contributed by atoms with Gasteiger partial charge in [-0.05, 0) is 26.0 Å². The molecule has 0 aliphatic heterocycles. The van der Waals surface area contributed by atoms with E-state index in [2.05, 4.69) is 14.9 Å². The molecule has 1 aromatic heterocycles. The van der Waals surface area contributed by atoms with Gasteiger partial charge in [0.25, 0.3) is 0 Å². The van der Waals surface area contributed by atoms with Crippen LogP contribution in [0.4, 0.5) is 0 Å². The largest absolute Gasteiger partial charge is 0.495 e. The van der Waals surface area contributed by atoms with Gasteiger partial charge in [-0.3, -0.25) is 4.57 Å². The minimum absolute atomic E-state index is 0.0730. The Morgan fingerprint density at radius 2 is 1.91 bits per heavy atom. The molecular formula is C14H20N4O4S. The molecule has 1 heterocycles. The topological polar surface area (TPSA) is 95.3 Å². The third kappa shape index (κ3) is 3.45. The summed E-state index contributed by atoms with van der Waals surface area (Å²) in [5, 5.41) is 7.90. The molecule has 0 fully saturated rings. The molecule has 0 bridgehead atoms. The Balaban J connectivity index is 2.32. The normalized spacial score (nSPS) is 12.9. The van der Waals surface area contributed by atoms with Crippen LogP contribution in [0.25, 0.3) is 0 Å². The smallest absolute Gasteiger partial charge is 0.316 e. The van der Waals surface area contributed by atoms with E-state index in [1.54, 1.807) is 29.7 Å². The molecule has 0 spiro atoms. The molecule has 0 saturated carbocycles. The first-order chi connectivity index (χ1) is 10.9. The third-order valence-electron chi connectivity index (χ3n) is 3.32. The van der Waals surface area contributed by atoms with Gasteiger partial charge < -0.3 is 9.47 Å². The first-order valence-corrected chi connectivity index (χ1v) is 8.55. The van der Waals surface area contributed by atoms with Crippen molar-refractivity contribution < 1.29 is 17.9 Å². The summed E-state index contributed by atoms with van der Waals surface area (Å²) in [6.07, 6.45) is 0. The van der Waals surface area contributed by atoms with Crippen molar-refractivity contribution in [2.24, 2.45) is 0 Å². The molecule has 2 rings (SSSR count). The minimum atomic E-state index is -3.77. The maximum atomic E-state index is 12.6. The summed E-state index contributed by atoms with van der Waals surface area (Å²) in [7, 11) is -0.853. The SMILES string of the molecule is CCn1c(OC)nnc1[C@@H](C)NS(=O)(=O)c1ccccc1OC. The highest BCUT2D eigenvalue weighted by Crippen LogP contribution is 2.25. The number of nitrogens with one attached hydrogen (secondary N) is 1. The predicted octanol–water partition coefficient (Wildman–Crippen LogP) is 1.35. The number of rotatable bonds is 7. The third-order valence-corrected chi connectivity index (χ3v) is 4.90. The van der Waals surface area contributed by atoms with Crippen molar-refractivity contribution in [2.45, 2.75) is 31.3 Å². The zero-order chi connectivity index (χ0) is 17.0. The lowest BCUT2D eigenvalue weighted by atomic mass is 10.3. The van der Waals surface area contributed by atoms with Crippen LogP contribution in [0.2, 0.25) is 0 Å². The number of benzene rings is 1. The van der Waals surface area contributed by atoms with Gasteiger partial charge in [0, 0.05) is 6.54 Å². The van der Waals surface area contributed by atoms with E-state index in [9.17, 15) is 8.42 Å². The van der Waals surface area contributed by atoms with Gasteiger partial charge in [0.1, 0.15) is 10.6 Å². The van der Waals surface area contributed by atoms with Crippen molar-refractivity contribution in [3.63, 3.8) is 0 Å². The molecule has 126 valence electrons. The molecule has 0 aliphatic carbocycles. The van der Waals surface area contributed by atoms with Gasteiger partial charge in [-0.1, -0.05) is 17.2 Å². The molecule has 2 aromatic rings. The van der Waals surface area contributed by atoms with E-state index in [1.165, 1.54) is 20.3 Å². The molecule has 0 radical (unpaired) electrons. The fraction of sp³-hybridized carbons (Fsp3) is 0.429. The van der Waals surface area contributed by atoms with E-state index < -0.39 is 16.1 Å². The number of sulfonamides is 1. The van der Waals surface area contributed by atoms with Crippen LogP contribution in [0.5, 0.6) is 11.8 Å². The Bertz CT molecular complexity index is 773. The molecule has 0 saturated heterocycles. The van der Waals surface area contributed by atoms with Crippen LogP contribution in [-0.2, 0) is 16.6 Å². The van der Waals surface area contributed by atoms with E-state index >= 15 is 0 Å². The van der Waals surface area contributed by atoms with Gasteiger partial charge in [-0.15, -0.1) is 5.10 Å². The van der Waals surface area contributed by atoms with Gasteiger partial charge in [0.05, 0.1) is 20.3 Å². The van der Waals surface area contributed by atoms with Crippen molar-refractivity contribution in [3.8, 4) is 11.8 Å². The van der Waals surface area contributed by atoms with Crippen molar-refractivity contribution in [1.82, 2.24) is 19.5 Å². The molecule has 8 nitrogen and oxygen atoms in total. The Hall–Kier alpha value is -2.13. The van der Waals surface area contributed by atoms with E-state index in [1.807, 2.05) is 6.92 Å². The lowest BCUT2D eigenvalue weighted by Crippen LogP contribution is -2.29. The van der Waals surface area contributed by atoms with Crippen LogP contribution in [0.3, 0.4) is 0 Å². The van der Waals surface area contributed by atoms with Crippen LogP contribution in [0.1, 0.15) is 25.7 Å². The van der Waals surface area contributed by atoms with Crippen LogP contribution in [0.15, 0.2) is 29.2 Å². The molecular weight excluding hydrogens is 320 g/mol. The van der Waals surface area contributed by atoms with Crippen molar-refractivity contribution in [1.29, 1.82) is 0 Å². The number of nitrogens with zero attached hydrogens (tertiary/aromatic N) is 3. The highest BCUT2D eigenvalue weighted by Gasteiger charge is 2.25. The number of hydrogen-bond donors (Lipinski definition) is 1. The highest BCUT2D eigenvalue weighted by molar-refractivity contribution is 7.89. The first kappa shape index (κ1) is 17.2. The number of ether oxygens (including phenoxy) is 2. The zero-order valence-corrected chi connectivity index (χ0v) is 14.3. The lowest BCUT2D eigenvalue weighted by molar-refractivity contribution is 0.354. The van der Waals surface area contributed by atoms with E-state index in [0.717, 1.165) is 0 Å². The van der Waals surface area contributed by atoms with Crippen LogP contribution in [0, 0.1) is 0 Å². The summed E-state index contributed by atoms with van der Waals surface area (Å²) < 4.78 is 39.7. The van der Waals surface area contributed by atoms with Gasteiger partial charge in [-0.2, -0.15) is 0 Å². The summed E-state index contributed by atoms with van der Waals surface area (Å²) >= 11 is 0. The number of para-hydroxylation sites is 1. The van der Waals surface area contributed by atoms with Crippen LogP contribution >= 0.6 is 0 Å². The zero-order valence-electron chi connectivity index (χ0n) is 13.5. The van der Waals surface area contributed by atoms with Gasteiger partial charge >= 0.3 is 6.01 Å². The second-order valence-electron chi connectivity index (χ2n) is 4.78. The summed E-state index contributed by atoms with van der Waals surface area (Å²) in [6, 6.07) is 6.18. The highest BCUT2D eigenvalue weighted by atomic mass is 32.2. The molecule has 1 atom stereocenters. The average molecular weight is 340 g/mol. The van der Waals surface area contributed by atoms with Crippen LogP contribution in [-0.4, -0.2) is 37.4 Å². The van der Waals surface area contributed by atoms with Crippen LogP contribution < -0.4 is 14.2 Å². The average Bonchev–Trinajstić information content (AvgIpc) is 2.97. The number of hydrogen-bond acceptors (Lipinski definition) is 6. The number of methoxy groups -OCH3 is 2. The molecule has 23 heavy (non-hydrogen) atoms. The Kier molecular flexibility index (Phi) is 5.22. The van der Waals surface area contributed by atoms with E-state index in [-0.39, 0.29) is 10.6 Å². The fourth-order valence-corrected chi connectivity index (χ4v) is 3.63. The van der Waals surface area contributed by atoms with Crippen molar-refractivity contribution in [2.75, 3.05) is 14.2 Å². The molecule has 0 unspecified atom stereocenters. The Morgan fingerprint density at radius 1 is 1.22 bits per heavy atom. The van der Waals surface area contributed by atoms with E-state index in [0.29, 0.717) is 18.4 Å². The Morgan fingerprint density at radius 3 is 2.52 bits per heavy atom. The predicted molar refractivity (Wildman–Crippen MR) is 84.0 cm³/mol. The molecule has 0 aliphatic rings. The molecule has 1 aromatic carbocycles. The first-order valence-electron chi connectivity index (χ1n) is 7.07. The quantitative estimate of drug-likeness (QED) is 0.817. The second-order valence-corrected chi connectivity index (χ2v) is 6.47. The lowest BCUT2D eigenvalue weighted by Gasteiger charge is -2.16. The minimum Gasteiger partial charge on any atom is -0.495 e. The fourth-order valence-electron chi connectivity index (χ4n) is 2.26. The van der Waals surface area contributed by atoms with Crippen molar-refractivity contribution >= 4 is 10.0 Å². The van der Waals surface area contributed by atoms with Crippen molar-refractivity contribution in [3.05, 3.63) is 30.1 Å². The summed E-state index contributed by atoms with van der Waals surface area (Å²) in [5.41, 5.74) is 0. The maximum Gasteiger partial charge on any atom is 0.316 e. The standard InChI is InChI=1S/C14H20N4O4S/c1-5-18-13(15-16-14(18)22-4)10(2)17-23(19,20)12-9-7-6-8-11(12)21-3/h6-10,17H,5H2,1-4H3/t10-/m1/s1. The second kappa shape index (κ2) is 6.97. The van der Waals surface area contributed by atoms with E-state index in [4.69, 9.17) is 9.47 Å². The van der Waals surface area contributed by atoms with Gasteiger partial charge in [-0.25, -0.2) is 13.1 Å². The molecule has 9 heteroatoms. The molecule has 1 N–H and O–H groups in total. The monoisotopic (exact) mass is 340 g/mol. The summed E-state index contributed by atoms with van der Waals surface area (Å²) in [6.45, 7) is 4.16. The summed E-state index contributed by atoms with van der Waals surface area (Å²) in [5.74, 6) is 0.754. The summed E-state index contributed by atoms with van der Waals surface area (Å²) in [4.78, 5) is 0.0730. The maximum absolute atomic E-state index is 12.6.